The Labute approximate surface area is 181 Å². The van der Waals surface area contributed by atoms with E-state index in [1.165, 1.54) is 5.56 Å². The lowest BCUT2D eigenvalue weighted by Crippen LogP contribution is -2.53. The van der Waals surface area contributed by atoms with Gasteiger partial charge in [-0.25, -0.2) is 0 Å². The van der Waals surface area contributed by atoms with Crippen LogP contribution in [0.1, 0.15) is 52.5 Å². The first-order valence-corrected chi connectivity index (χ1v) is 10.1. The molecule has 1 fully saturated rings. The minimum atomic E-state index is -0.612. The van der Waals surface area contributed by atoms with Gasteiger partial charge in [-0.1, -0.05) is 30.3 Å². The lowest BCUT2D eigenvalue weighted by Gasteiger charge is -2.32. The highest BCUT2D eigenvalue weighted by atomic mass is 35.5. The van der Waals surface area contributed by atoms with Gasteiger partial charge in [-0.3, -0.25) is 4.79 Å². The standard InChI is InChI=1S/C21H35BN2O4.ClH/c1-20(2)21(3,4)28-22(27-20)18(24-19(25)17(23)14-15-26-5)13-9-12-16-10-7-6-8-11-16;/h6-8,10-11,17-18H,9,12-15,23H2,1-5H3,(H,24,25);1H/t17?,18-;/m0./s1. The summed E-state index contributed by atoms with van der Waals surface area (Å²) < 4.78 is 17.4. The largest absolute Gasteiger partial charge is 0.481 e. The molecule has 1 amide bonds. The third-order valence-electron chi connectivity index (χ3n) is 5.72. The predicted molar refractivity (Wildman–Crippen MR) is 119 cm³/mol. The number of amides is 1. The number of carbonyl (C=O) groups is 1. The quantitative estimate of drug-likeness (QED) is 0.562. The molecule has 0 radical (unpaired) electrons. The van der Waals surface area contributed by atoms with Crippen molar-refractivity contribution in [3.05, 3.63) is 35.9 Å². The summed E-state index contributed by atoms with van der Waals surface area (Å²) in [4.78, 5) is 12.6. The molecule has 1 unspecified atom stereocenters. The highest BCUT2D eigenvalue weighted by Gasteiger charge is 2.54. The van der Waals surface area contributed by atoms with Gasteiger partial charge >= 0.3 is 7.12 Å². The first-order chi connectivity index (χ1) is 13.2. The van der Waals surface area contributed by atoms with Crippen LogP contribution in [0.4, 0.5) is 0 Å². The second-order valence-corrected chi connectivity index (χ2v) is 8.51. The Balaban J connectivity index is 0.00000420. The molecule has 2 rings (SSSR count). The summed E-state index contributed by atoms with van der Waals surface area (Å²) in [6.07, 6.45) is 3.06. The molecule has 6 nitrogen and oxygen atoms in total. The summed E-state index contributed by atoms with van der Waals surface area (Å²) in [7, 11) is 1.10. The number of nitrogens with two attached hydrogens (primary N) is 1. The molecule has 3 N–H and O–H groups in total. The Kier molecular flexibility index (Phi) is 10.1. The van der Waals surface area contributed by atoms with Crippen molar-refractivity contribution in [1.29, 1.82) is 0 Å². The summed E-state index contributed by atoms with van der Waals surface area (Å²) in [6, 6.07) is 9.71. The summed E-state index contributed by atoms with van der Waals surface area (Å²) in [5, 5.41) is 3.06. The van der Waals surface area contributed by atoms with Crippen molar-refractivity contribution in [2.45, 2.75) is 76.6 Å². The monoisotopic (exact) mass is 426 g/mol. The number of methoxy groups -OCH3 is 1. The number of halogens is 1. The van der Waals surface area contributed by atoms with Crippen molar-refractivity contribution in [2.24, 2.45) is 5.73 Å². The molecule has 0 aliphatic carbocycles. The Hall–Kier alpha value is -1.12. The van der Waals surface area contributed by atoms with E-state index in [9.17, 15) is 4.79 Å². The average molecular weight is 427 g/mol. The maximum absolute atomic E-state index is 12.6. The fourth-order valence-corrected chi connectivity index (χ4v) is 3.17. The van der Waals surface area contributed by atoms with Crippen molar-refractivity contribution in [3.8, 4) is 0 Å². The van der Waals surface area contributed by atoms with Crippen LogP contribution in [0.15, 0.2) is 30.3 Å². The molecule has 0 aromatic heterocycles. The van der Waals surface area contributed by atoms with Gasteiger partial charge < -0.3 is 25.1 Å². The zero-order chi connectivity index (χ0) is 20.8. The van der Waals surface area contributed by atoms with Crippen LogP contribution in [0.2, 0.25) is 0 Å². The fraction of sp³-hybridized carbons (Fsp3) is 0.667. The number of hydrogen-bond donors (Lipinski definition) is 2. The van der Waals surface area contributed by atoms with Crippen LogP contribution in [-0.2, 0) is 25.3 Å². The Morgan fingerprint density at radius 1 is 1.14 bits per heavy atom. The van der Waals surface area contributed by atoms with Gasteiger partial charge in [-0.2, -0.15) is 0 Å². The minimum absolute atomic E-state index is 0. The minimum Gasteiger partial charge on any atom is -0.402 e. The first kappa shape index (κ1) is 25.9. The zero-order valence-electron chi connectivity index (χ0n) is 18.3. The maximum Gasteiger partial charge on any atom is 0.481 e. The van der Waals surface area contributed by atoms with Crippen molar-refractivity contribution in [1.82, 2.24) is 5.32 Å². The van der Waals surface area contributed by atoms with Gasteiger partial charge in [0.2, 0.25) is 5.91 Å². The Morgan fingerprint density at radius 2 is 1.72 bits per heavy atom. The third-order valence-corrected chi connectivity index (χ3v) is 5.72. The van der Waals surface area contributed by atoms with E-state index in [1.54, 1.807) is 7.11 Å². The second-order valence-electron chi connectivity index (χ2n) is 8.51. The number of carbonyl (C=O) groups excluding carboxylic acids is 1. The van der Waals surface area contributed by atoms with E-state index in [4.69, 9.17) is 19.8 Å². The summed E-state index contributed by atoms with van der Waals surface area (Å²) in [5.41, 5.74) is 6.39. The van der Waals surface area contributed by atoms with E-state index < -0.39 is 24.4 Å². The molecule has 8 heteroatoms. The molecule has 0 bridgehead atoms. The van der Waals surface area contributed by atoms with Crippen molar-refractivity contribution >= 4 is 25.4 Å². The lowest BCUT2D eigenvalue weighted by molar-refractivity contribution is -0.123. The van der Waals surface area contributed by atoms with Crippen LogP contribution >= 0.6 is 12.4 Å². The smallest absolute Gasteiger partial charge is 0.402 e. The van der Waals surface area contributed by atoms with E-state index in [-0.39, 0.29) is 24.3 Å². The topological polar surface area (TPSA) is 82.8 Å². The SMILES string of the molecule is COCCC(N)C(=O)N[C@@H](CCCc1ccccc1)B1OC(C)(C)C(C)(C)O1.Cl. The molecule has 2 atom stereocenters. The van der Waals surface area contributed by atoms with Gasteiger partial charge in [0.25, 0.3) is 0 Å². The van der Waals surface area contributed by atoms with Gasteiger partial charge in [-0.15, -0.1) is 12.4 Å². The van der Waals surface area contributed by atoms with Gasteiger partial charge in [-0.05, 0) is 58.9 Å². The molecule has 1 saturated heterocycles. The van der Waals surface area contributed by atoms with Gasteiger partial charge in [0, 0.05) is 13.7 Å². The zero-order valence-corrected chi connectivity index (χ0v) is 19.1. The second kappa shape index (κ2) is 11.3. The molecule has 0 saturated carbocycles. The number of ether oxygens (including phenoxy) is 1. The molecular weight excluding hydrogens is 391 g/mol. The van der Waals surface area contributed by atoms with Crippen molar-refractivity contribution < 1.29 is 18.8 Å². The van der Waals surface area contributed by atoms with Gasteiger partial charge in [0.15, 0.2) is 0 Å². The molecule has 1 aliphatic heterocycles. The molecule has 1 aromatic carbocycles. The van der Waals surface area contributed by atoms with Crippen LogP contribution in [-0.4, -0.2) is 49.9 Å². The van der Waals surface area contributed by atoms with Crippen LogP contribution in [0.5, 0.6) is 0 Å². The summed E-state index contributed by atoms with van der Waals surface area (Å²) in [5.74, 6) is -0.456. The normalized spacial score (nSPS) is 19.3. The first-order valence-electron chi connectivity index (χ1n) is 10.1. The molecule has 1 aromatic rings. The molecule has 1 heterocycles. The molecule has 164 valence electrons. The van der Waals surface area contributed by atoms with Gasteiger partial charge in [0.1, 0.15) is 0 Å². The predicted octanol–water partition coefficient (Wildman–Crippen LogP) is 2.91. The van der Waals surface area contributed by atoms with Crippen molar-refractivity contribution in [3.63, 3.8) is 0 Å². The number of hydrogen-bond acceptors (Lipinski definition) is 5. The molecule has 0 spiro atoms. The number of benzene rings is 1. The van der Waals surface area contributed by atoms with E-state index in [0.29, 0.717) is 13.0 Å². The van der Waals surface area contributed by atoms with E-state index >= 15 is 0 Å². The fourth-order valence-electron chi connectivity index (χ4n) is 3.17. The number of aryl methyl sites for hydroxylation is 1. The summed E-state index contributed by atoms with van der Waals surface area (Å²) >= 11 is 0. The van der Waals surface area contributed by atoms with E-state index in [1.807, 2.05) is 45.9 Å². The van der Waals surface area contributed by atoms with Crippen LogP contribution in [0, 0.1) is 0 Å². The maximum atomic E-state index is 12.6. The average Bonchev–Trinajstić information content (AvgIpc) is 2.87. The lowest BCUT2D eigenvalue weighted by atomic mass is 9.75. The molecule has 1 aliphatic rings. The number of rotatable bonds is 10. The summed E-state index contributed by atoms with van der Waals surface area (Å²) in [6.45, 7) is 8.50. The van der Waals surface area contributed by atoms with Crippen LogP contribution in [0.3, 0.4) is 0 Å². The van der Waals surface area contributed by atoms with Crippen LogP contribution < -0.4 is 11.1 Å². The highest BCUT2D eigenvalue weighted by molar-refractivity contribution is 6.48. The number of nitrogens with one attached hydrogen (secondary N) is 1. The Bertz CT molecular complexity index is 614. The Morgan fingerprint density at radius 3 is 2.28 bits per heavy atom. The van der Waals surface area contributed by atoms with Crippen LogP contribution in [0.25, 0.3) is 0 Å². The third kappa shape index (κ3) is 7.26. The molecule has 29 heavy (non-hydrogen) atoms. The van der Waals surface area contributed by atoms with Gasteiger partial charge in [0.05, 0.1) is 23.2 Å². The van der Waals surface area contributed by atoms with E-state index in [2.05, 4.69) is 17.4 Å². The molecular formula is C21H36BClN2O4. The van der Waals surface area contributed by atoms with Crippen molar-refractivity contribution in [2.75, 3.05) is 13.7 Å². The highest BCUT2D eigenvalue weighted by Crippen LogP contribution is 2.38. The van der Waals surface area contributed by atoms with E-state index in [0.717, 1.165) is 19.3 Å².